The Morgan fingerprint density at radius 3 is 2.41 bits per heavy atom. The second kappa shape index (κ2) is 8.32. The third-order valence-corrected chi connectivity index (χ3v) is 5.61. The Balaban J connectivity index is 1.83. The van der Waals surface area contributed by atoms with Gasteiger partial charge in [0.2, 0.25) is 5.88 Å². The first-order valence-corrected chi connectivity index (χ1v) is 10.7. The molecule has 0 saturated carbocycles. The van der Waals surface area contributed by atoms with Crippen molar-refractivity contribution in [3.63, 3.8) is 0 Å². The minimum absolute atomic E-state index is 0.00506. The Hall–Kier alpha value is -4.72. The molecule has 0 bridgehead atoms. The molecule has 0 radical (unpaired) electrons. The lowest BCUT2D eigenvalue weighted by molar-refractivity contribution is 0.0697. The van der Waals surface area contributed by atoms with Crippen LogP contribution in [0, 0.1) is 0 Å². The molecule has 8 heteroatoms. The molecule has 4 N–H and O–H groups in total. The molecule has 34 heavy (non-hydrogen) atoms. The Labute approximate surface area is 194 Å². The quantitative estimate of drug-likeness (QED) is 0.279. The first kappa shape index (κ1) is 21.1. The molecule has 5 rings (SSSR count). The topological polar surface area (TPSA) is 121 Å². The van der Waals surface area contributed by atoms with Gasteiger partial charge in [-0.3, -0.25) is 9.67 Å². The molecule has 170 valence electrons. The number of rotatable bonds is 6. The summed E-state index contributed by atoms with van der Waals surface area (Å²) in [4.78, 5) is 11.3. The highest BCUT2D eigenvalue weighted by Crippen LogP contribution is 2.45. The molecule has 0 atom stereocenters. The van der Waals surface area contributed by atoms with Crippen LogP contribution in [0.5, 0.6) is 17.4 Å². The molecule has 0 aliphatic rings. The number of carboxylic acid groups (broad SMARTS) is 1. The van der Waals surface area contributed by atoms with Crippen LogP contribution in [0.25, 0.3) is 39.1 Å². The summed E-state index contributed by atoms with van der Waals surface area (Å²) < 4.78 is 7.22. The molecular weight excluding hydrogens is 434 g/mol. The average Bonchev–Trinajstić information content (AvgIpc) is 3.40. The van der Waals surface area contributed by atoms with E-state index in [0.29, 0.717) is 45.9 Å². The van der Waals surface area contributed by atoms with Crippen molar-refractivity contribution >= 4 is 16.9 Å². The third-order valence-electron chi connectivity index (χ3n) is 5.61. The summed E-state index contributed by atoms with van der Waals surface area (Å²) in [5, 5.41) is 38.8. The van der Waals surface area contributed by atoms with Gasteiger partial charge in [-0.25, -0.2) is 4.79 Å². The second-order valence-electron chi connectivity index (χ2n) is 7.66. The predicted molar refractivity (Wildman–Crippen MR) is 128 cm³/mol. The summed E-state index contributed by atoms with van der Waals surface area (Å²) in [5.41, 5.74) is 3.92. The minimum Gasteiger partial charge on any atom is -0.504 e. The lowest BCUT2D eigenvalue weighted by Gasteiger charge is -2.14. The molecule has 0 amide bonds. The number of phenolic OH excluding ortho intramolecular Hbond substituents is 1. The van der Waals surface area contributed by atoms with Crippen LogP contribution in [0.15, 0.2) is 72.8 Å². The van der Waals surface area contributed by atoms with Gasteiger partial charge >= 0.3 is 5.97 Å². The van der Waals surface area contributed by atoms with Gasteiger partial charge < -0.3 is 20.1 Å². The van der Waals surface area contributed by atoms with Crippen LogP contribution in [0.1, 0.15) is 17.3 Å². The van der Waals surface area contributed by atoms with E-state index in [9.17, 15) is 20.1 Å². The van der Waals surface area contributed by atoms with Crippen LogP contribution in [-0.4, -0.2) is 42.7 Å². The Morgan fingerprint density at radius 2 is 1.74 bits per heavy atom. The first-order chi connectivity index (χ1) is 16.5. The van der Waals surface area contributed by atoms with Crippen molar-refractivity contribution in [1.82, 2.24) is 14.8 Å². The molecular formula is C26H21N3O5. The number of ether oxygens (including phenoxy) is 1. The van der Waals surface area contributed by atoms with Crippen molar-refractivity contribution in [2.45, 2.75) is 6.92 Å². The SMILES string of the molecule is CCOc1cc(-c2c3c(-c4ccccc4)n[nH]c3c(O)n2-c2ccc(C(=O)O)cc2)ccc1O. The Morgan fingerprint density at radius 1 is 1.00 bits per heavy atom. The van der Waals surface area contributed by atoms with Crippen LogP contribution in [0.2, 0.25) is 0 Å². The number of hydrogen-bond donors (Lipinski definition) is 4. The summed E-state index contributed by atoms with van der Waals surface area (Å²) in [6.07, 6.45) is 0. The van der Waals surface area contributed by atoms with Gasteiger partial charge in [0.1, 0.15) is 11.2 Å². The van der Waals surface area contributed by atoms with E-state index in [-0.39, 0.29) is 17.2 Å². The molecule has 8 nitrogen and oxygen atoms in total. The normalized spacial score (nSPS) is 11.1. The van der Waals surface area contributed by atoms with Gasteiger partial charge in [0, 0.05) is 16.8 Å². The zero-order valence-corrected chi connectivity index (χ0v) is 18.2. The van der Waals surface area contributed by atoms with E-state index < -0.39 is 5.97 Å². The van der Waals surface area contributed by atoms with Crippen LogP contribution in [0.4, 0.5) is 0 Å². The number of H-pyrrole nitrogens is 1. The number of carbonyl (C=O) groups is 1. The maximum Gasteiger partial charge on any atom is 0.335 e. The first-order valence-electron chi connectivity index (χ1n) is 10.7. The number of carboxylic acids is 1. The molecule has 2 heterocycles. The number of phenols is 1. The van der Waals surface area contributed by atoms with E-state index in [1.54, 1.807) is 28.8 Å². The van der Waals surface area contributed by atoms with Crippen molar-refractivity contribution in [3.8, 4) is 45.6 Å². The number of aromatic nitrogens is 3. The van der Waals surface area contributed by atoms with E-state index in [1.807, 2.05) is 37.3 Å². The molecule has 3 aromatic carbocycles. The maximum atomic E-state index is 11.3. The monoisotopic (exact) mass is 455 g/mol. The molecule has 0 fully saturated rings. The van der Waals surface area contributed by atoms with Gasteiger partial charge in [-0.1, -0.05) is 30.3 Å². The van der Waals surface area contributed by atoms with Gasteiger partial charge in [0.25, 0.3) is 0 Å². The summed E-state index contributed by atoms with van der Waals surface area (Å²) in [7, 11) is 0. The fraction of sp³-hybridized carbons (Fsp3) is 0.0769. The summed E-state index contributed by atoms with van der Waals surface area (Å²) in [5.74, 6) is -0.795. The fourth-order valence-corrected chi connectivity index (χ4v) is 4.08. The number of aromatic hydroxyl groups is 2. The largest absolute Gasteiger partial charge is 0.504 e. The maximum absolute atomic E-state index is 11.3. The Bertz CT molecular complexity index is 1500. The van der Waals surface area contributed by atoms with Crippen LogP contribution in [0.3, 0.4) is 0 Å². The van der Waals surface area contributed by atoms with E-state index in [2.05, 4.69) is 10.2 Å². The van der Waals surface area contributed by atoms with Crippen molar-refractivity contribution in [1.29, 1.82) is 0 Å². The fourth-order valence-electron chi connectivity index (χ4n) is 4.08. The van der Waals surface area contributed by atoms with Gasteiger partial charge in [0.15, 0.2) is 11.5 Å². The zero-order valence-electron chi connectivity index (χ0n) is 18.2. The predicted octanol–water partition coefficient (Wildman–Crippen LogP) is 5.20. The summed E-state index contributed by atoms with van der Waals surface area (Å²) in [6, 6.07) is 20.8. The second-order valence-corrected chi connectivity index (χ2v) is 7.66. The smallest absolute Gasteiger partial charge is 0.335 e. The third kappa shape index (κ3) is 3.41. The van der Waals surface area contributed by atoms with Crippen LogP contribution < -0.4 is 4.74 Å². The standard InChI is InChI=1S/C26H21N3O5/c1-2-34-20-14-17(10-13-19(20)30)24-21-22(15-6-4-3-5-7-15)27-28-23(21)25(31)29(24)18-11-8-16(9-12-18)26(32)33/h3-14,28,30-31H,2H2,1H3,(H,32,33). The number of fused-ring (bicyclic) bond motifs is 1. The lowest BCUT2D eigenvalue weighted by Crippen LogP contribution is -2.00. The van der Waals surface area contributed by atoms with Gasteiger partial charge in [-0.2, -0.15) is 5.10 Å². The molecule has 0 saturated heterocycles. The van der Waals surface area contributed by atoms with Gasteiger partial charge in [-0.15, -0.1) is 0 Å². The Kier molecular flexibility index (Phi) is 5.18. The van der Waals surface area contributed by atoms with Crippen LogP contribution in [-0.2, 0) is 0 Å². The minimum atomic E-state index is -1.04. The highest BCUT2D eigenvalue weighted by atomic mass is 16.5. The highest BCUT2D eigenvalue weighted by molar-refractivity contribution is 6.07. The molecule has 0 aliphatic carbocycles. The molecule has 0 aliphatic heterocycles. The average molecular weight is 455 g/mol. The number of nitrogens with one attached hydrogen (secondary N) is 1. The van der Waals surface area contributed by atoms with Crippen LogP contribution >= 0.6 is 0 Å². The molecule has 5 aromatic rings. The van der Waals surface area contributed by atoms with Gasteiger partial charge in [0.05, 0.1) is 23.3 Å². The van der Waals surface area contributed by atoms with E-state index in [0.717, 1.165) is 5.56 Å². The molecule has 0 unspecified atom stereocenters. The summed E-state index contributed by atoms with van der Waals surface area (Å²) in [6.45, 7) is 2.20. The van der Waals surface area contributed by atoms with Gasteiger partial charge in [-0.05, 0) is 49.4 Å². The van der Waals surface area contributed by atoms with E-state index in [4.69, 9.17) is 4.74 Å². The lowest BCUT2D eigenvalue weighted by atomic mass is 10.0. The summed E-state index contributed by atoms with van der Waals surface area (Å²) >= 11 is 0. The van der Waals surface area contributed by atoms with Crippen molar-refractivity contribution in [2.24, 2.45) is 0 Å². The number of nitrogens with zero attached hydrogens (tertiary/aromatic N) is 2. The van der Waals surface area contributed by atoms with E-state index in [1.165, 1.54) is 18.2 Å². The zero-order chi connectivity index (χ0) is 23.8. The van der Waals surface area contributed by atoms with E-state index >= 15 is 0 Å². The number of benzene rings is 3. The molecule has 2 aromatic heterocycles. The highest BCUT2D eigenvalue weighted by Gasteiger charge is 2.26. The molecule has 0 spiro atoms. The van der Waals surface area contributed by atoms with Crippen molar-refractivity contribution < 1.29 is 24.9 Å². The van der Waals surface area contributed by atoms with Crippen molar-refractivity contribution in [2.75, 3.05) is 6.61 Å². The number of aromatic amines is 1. The number of aromatic carboxylic acids is 1. The van der Waals surface area contributed by atoms with Crippen molar-refractivity contribution in [3.05, 3.63) is 78.4 Å². The number of hydrogen-bond acceptors (Lipinski definition) is 5.